The van der Waals surface area contributed by atoms with Gasteiger partial charge < -0.3 is 0 Å². The Hall–Kier alpha value is -0.820. The quantitative estimate of drug-likeness (QED) is 0.640. The van der Waals surface area contributed by atoms with Gasteiger partial charge in [0.15, 0.2) is 0 Å². The molecule has 0 aliphatic heterocycles. The summed E-state index contributed by atoms with van der Waals surface area (Å²) in [5.74, 6) is -0.227. The third-order valence-corrected chi connectivity index (χ3v) is 1.47. The summed E-state index contributed by atoms with van der Waals surface area (Å²) < 4.78 is 12.9. The highest BCUT2D eigenvalue weighted by molar-refractivity contribution is 6.29. The van der Waals surface area contributed by atoms with Crippen molar-refractivity contribution in [2.45, 2.75) is 6.42 Å². The van der Waals surface area contributed by atoms with Crippen molar-refractivity contribution in [3.05, 3.63) is 47.3 Å². The molecule has 0 unspecified atom stereocenters. The van der Waals surface area contributed by atoms with Gasteiger partial charge in [0, 0.05) is 11.5 Å². The molecule has 0 spiro atoms. The van der Waals surface area contributed by atoms with Crippen LogP contribution in [0.25, 0.3) is 0 Å². The Balaban J connectivity index is 2.86. The largest absolute Gasteiger partial charge is 0.207 e. The molecule has 0 aliphatic carbocycles. The van der Waals surface area contributed by atoms with Crippen molar-refractivity contribution < 1.29 is 4.39 Å². The summed E-state index contributed by atoms with van der Waals surface area (Å²) in [6, 6.07) is 6.53. The molecule has 0 aliphatic rings. The second-order valence-electron chi connectivity index (χ2n) is 2.29. The first-order chi connectivity index (χ1) is 5.20. The van der Waals surface area contributed by atoms with Crippen LogP contribution in [-0.2, 0) is 6.42 Å². The van der Waals surface area contributed by atoms with Crippen LogP contribution in [0.15, 0.2) is 35.9 Å². The lowest BCUT2D eigenvalue weighted by molar-refractivity contribution is 0.614. The first-order valence-corrected chi connectivity index (χ1v) is 3.64. The van der Waals surface area contributed by atoms with E-state index in [0.717, 1.165) is 0 Å². The monoisotopic (exact) mass is 170 g/mol. The molecule has 0 fully saturated rings. The first-order valence-electron chi connectivity index (χ1n) is 3.27. The lowest BCUT2D eigenvalue weighted by atomic mass is 10.1. The minimum Gasteiger partial charge on any atom is -0.207 e. The van der Waals surface area contributed by atoms with Gasteiger partial charge in [-0.2, -0.15) is 0 Å². The van der Waals surface area contributed by atoms with Gasteiger partial charge in [-0.15, -0.1) is 0 Å². The molecule has 0 nitrogen and oxygen atoms in total. The smallest absolute Gasteiger partial charge is 0.126 e. The van der Waals surface area contributed by atoms with Crippen LogP contribution in [0.1, 0.15) is 5.56 Å². The third kappa shape index (κ3) is 2.35. The molecule has 0 aromatic heterocycles. The van der Waals surface area contributed by atoms with E-state index in [0.29, 0.717) is 17.0 Å². The topological polar surface area (TPSA) is 0 Å². The van der Waals surface area contributed by atoms with E-state index < -0.39 is 0 Å². The predicted octanol–water partition coefficient (Wildman–Crippen LogP) is 3.12. The number of benzene rings is 1. The molecular formula is C9H8ClF. The highest BCUT2D eigenvalue weighted by atomic mass is 35.5. The highest BCUT2D eigenvalue weighted by Crippen LogP contribution is 2.12. The molecule has 1 aromatic rings. The lowest BCUT2D eigenvalue weighted by Crippen LogP contribution is -1.88. The van der Waals surface area contributed by atoms with E-state index in [1.54, 1.807) is 18.2 Å². The van der Waals surface area contributed by atoms with Crippen LogP contribution in [0.2, 0.25) is 0 Å². The molecule has 0 bridgehead atoms. The van der Waals surface area contributed by atoms with E-state index in [1.807, 2.05) is 0 Å². The van der Waals surface area contributed by atoms with Gasteiger partial charge in [-0.3, -0.25) is 0 Å². The molecule has 0 saturated carbocycles. The fourth-order valence-electron chi connectivity index (χ4n) is 0.848. The third-order valence-electron chi connectivity index (χ3n) is 1.34. The highest BCUT2D eigenvalue weighted by Gasteiger charge is 1.99. The Morgan fingerprint density at radius 1 is 1.45 bits per heavy atom. The maximum Gasteiger partial charge on any atom is 0.126 e. The summed E-state index contributed by atoms with van der Waals surface area (Å²) in [6.45, 7) is 3.49. The first kappa shape index (κ1) is 8.28. The Bertz CT molecular complexity index is 268. The van der Waals surface area contributed by atoms with Crippen molar-refractivity contribution in [3.8, 4) is 0 Å². The van der Waals surface area contributed by atoms with Crippen molar-refractivity contribution in [2.75, 3.05) is 0 Å². The Morgan fingerprint density at radius 3 is 2.64 bits per heavy atom. The van der Waals surface area contributed by atoms with E-state index in [1.165, 1.54) is 6.07 Å². The average molecular weight is 171 g/mol. The molecule has 11 heavy (non-hydrogen) atoms. The molecule has 0 amide bonds. The number of rotatable bonds is 2. The summed E-state index contributed by atoms with van der Waals surface area (Å²) in [4.78, 5) is 0. The van der Waals surface area contributed by atoms with Crippen LogP contribution < -0.4 is 0 Å². The lowest BCUT2D eigenvalue weighted by Gasteiger charge is -1.99. The van der Waals surface area contributed by atoms with Crippen LogP contribution >= 0.6 is 11.6 Å². The zero-order valence-electron chi connectivity index (χ0n) is 5.98. The number of hydrogen-bond acceptors (Lipinski definition) is 0. The summed E-state index contributed by atoms with van der Waals surface area (Å²) in [5.41, 5.74) is 0.590. The van der Waals surface area contributed by atoms with Crippen molar-refractivity contribution >= 4 is 11.6 Å². The second-order valence-corrected chi connectivity index (χ2v) is 2.82. The summed E-state index contributed by atoms with van der Waals surface area (Å²) in [7, 11) is 0. The van der Waals surface area contributed by atoms with Crippen molar-refractivity contribution in [3.63, 3.8) is 0 Å². The van der Waals surface area contributed by atoms with E-state index in [9.17, 15) is 4.39 Å². The molecule has 1 aromatic carbocycles. The van der Waals surface area contributed by atoms with Crippen LogP contribution in [-0.4, -0.2) is 0 Å². The molecule has 58 valence electrons. The Labute approximate surface area is 70.3 Å². The van der Waals surface area contributed by atoms with E-state index in [2.05, 4.69) is 6.58 Å². The second kappa shape index (κ2) is 3.54. The van der Waals surface area contributed by atoms with Crippen LogP contribution in [0.5, 0.6) is 0 Å². The molecule has 1 rings (SSSR count). The van der Waals surface area contributed by atoms with Gasteiger partial charge in [-0.1, -0.05) is 36.4 Å². The van der Waals surface area contributed by atoms with Gasteiger partial charge in [-0.25, -0.2) is 4.39 Å². The number of allylic oxidation sites excluding steroid dienone is 1. The molecule has 0 saturated heterocycles. The Morgan fingerprint density at radius 2 is 2.09 bits per heavy atom. The SMILES string of the molecule is C=C(Cl)Cc1ccccc1F. The maximum absolute atomic E-state index is 12.9. The minimum atomic E-state index is -0.227. The van der Waals surface area contributed by atoms with Crippen molar-refractivity contribution in [2.24, 2.45) is 0 Å². The number of hydrogen-bond donors (Lipinski definition) is 0. The van der Waals surface area contributed by atoms with Gasteiger partial charge in [0.1, 0.15) is 5.82 Å². The molecule has 0 N–H and O–H groups in total. The van der Waals surface area contributed by atoms with Crippen molar-refractivity contribution in [1.29, 1.82) is 0 Å². The van der Waals surface area contributed by atoms with Gasteiger partial charge in [0.2, 0.25) is 0 Å². The fourth-order valence-corrected chi connectivity index (χ4v) is 0.992. The van der Waals surface area contributed by atoms with E-state index >= 15 is 0 Å². The molecule has 0 heterocycles. The van der Waals surface area contributed by atoms with E-state index in [-0.39, 0.29) is 5.82 Å². The van der Waals surface area contributed by atoms with Crippen molar-refractivity contribution in [1.82, 2.24) is 0 Å². The minimum absolute atomic E-state index is 0.227. The zero-order valence-corrected chi connectivity index (χ0v) is 6.74. The molecule has 2 heteroatoms. The van der Waals surface area contributed by atoms with Gasteiger partial charge in [-0.05, 0) is 11.6 Å². The molecular weight excluding hydrogens is 163 g/mol. The van der Waals surface area contributed by atoms with Crippen LogP contribution in [0, 0.1) is 5.82 Å². The fraction of sp³-hybridized carbons (Fsp3) is 0.111. The number of halogens is 2. The van der Waals surface area contributed by atoms with Crippen LogP contribution in [0.3, 0.4) is 0 Å². The van der Waals surface area contributed by atoms with Crippen LogP contribution in [0.4, 0.5) is 4.39 Å². The Kier molecular flexibility index (Phi) is 2.66. The van der Waals surface area contributed by atoms with Gasteiger partial charge in [0.05, 0.1) is 0 Å². The molecule has 0 atom stereocenters. The van der Waals surface area contributed by atoms with Gasteiger partial charge >= 0.3 is 0 Å². The zero-order chi connectivity index (χ0) is 8.27. The van der Waals surface area contributed by atoms with E-state index in [4.69, 9.17) is 11.6 Å². The standard InChI is InChI=1S/C9H8ClF/c1-7(10)6-8-4-2-3-5-9(8)11/h2-5H,1,6H2. The summed E-state index contributed by atoms with van der Waals surface area (Å²) >= 11 is 5.52. The predicted molar refractivity (Wildman–Crippen MR) is 45.1 cm³/mol. The summed E-state index contributed by atoms with van der Waals surface area (Å²) in [6.07, 6.45) is 0.397. The normalized spacial score (nSPS) is 9.64. The molecule has 0 radical (unpaired) electrons. The summed E-state index contributed by atoms with van der Waals surface area (Å²) in [5, 5.41) is 0.454. The maximum atomic E-state index is 12.9. The average Bonchev–Trinajstić information content (AvgIpc) is 1.93. The van der Waals surface area contributed by atoms with Gasteiger partial charge in [0.25, 0.3) is 0 Å².